The van der Waals surface area contributed by atoms with Gasteiger partial charge in [0, 0.05) is 10.9 Å². The van der Waals surface area contributed by atoms with Gasteiger partial charge in [0.25, 0.3) is 0 Å². The van der Waals surface area contributed by atoms with Crippen molar-refractivity contribution < 1.29 is 4.74 Å². The standard InChI is InChI=1S/C7H7Br.C4H6O/c1-6-2-4-7(8)5-3-6;1-2-4-5-3-1/h2-5H,1H3;1,3H,2,4H2. The summed E-state index contributed by atoms with van der Waals surface area (Å²) in [7, 11) is 0. The molecule has 0 atom stereocenters. The Morgan fingerprint density at radius 2 is 1.92 bits per heavy atom. The van der Waals surface area contributed by atoms with Crippen molar-refractivity contribution in [3.05, 3.63) is 46.6 Å². The Hall–Kier alpha value is -0.760. The van der Waals surface area contributed by atoms with E-state index in [9.17, 15) is 0 Å². The second kappa shape index (κ2) is 5.81. The predicted molar refractivity (Wildman–Crippen MR) is 58.6 cm³/mol. The minimum Gasteiger partial charge on any atom is -0.501 e. The van der Waals surface area contributed by atoms with E-state index in [1.165, 1.54) is 5.56 Å². The highest BCUT2D eigenvalue weighted by molar-refractivity contribution is 9.10. The quantitative estimate of drug-likeness (QED) is 0.673. The van der Waals surface area contributed by atoms with Crippen LogP contribution in [0, 0.1) is 6.92 Å². The van der Waals surface area contributed by atoms with Crippen molar-refractivity contribution in [3.8, 4) is 0 Å². The molecule has 2 rings (SSSR count). The van der Waals surface area contributed by atoms with Gasteiger partial charge in [0.05, 0.1) is 12.9 Å². The van der Waals surface area contributed by atoms with Crippen LogP contribution in [0.1, 0.15) is 12.0 Å². The lowest BCUT2D eigenvalue weighted by molar-refractivity contribution is 0.281. The molecule has 1 aliphatic heterocycles. The lowest BCUT2D eigenvalue weighted by Crippen LogP contribution is -1.70. The maximum absolute atomic E-state index is 4.76. The van der Waals surface area contributed by atoms with Gasteiger partial charge in [0.1, 0.15) is 0 Å². The summed E-state index contributed by atoms with van der Waals surface area (Å²) >= 11 is 3.35. The molecule has 0 fully saturated rings. The van der Waals surface area contributed by atoms with Crippen LogP contribution < -0.4 is 0 Å². The van der Waals surface area contributed by atoms with Crippen LogP contribution in [0.4, 0.5) is 0 Å². The average Bonchev–Trinajstić information content (AvgIpc) is 2.68. The van der Waals surface area contributed by atoms with E-state index in [1.807, 2.05) is 18.2 Å². The average molecular weight is 241 g/mol. The highest BCUT2D eigenvalue weighted by Crippen LogP contribution is 2.08. The molecule has 1 heterocycles. The lowest BCUT2D eigenvalue weighted by Gasteiger charge is -1.88. The molecule has 13 heavy (non-hydrogen) atoms. The maximum Gasteiger partial charge on any atom is 0.0908 e. The van der Waals surface area contributed by atoms with E-state index in [1.54, 1.807) is 6.26 Å². The van der Waals surface area contributed by atoms with Crippen LogP contribution in [0.2, 0.25) is 0 Å². The monoisotopic (exact) mass is 240 g/mol. The van der Waals surface area contributed by atoms with E-state index in [-0.39, 0.29) is 0 Å². The summed E-state index contributed by atoms with van der Waals surface area (Å²) in [6.07, 6.45) is 4.85. The molecule has 0 radical (unpaired) electrons. The van der Waals surface area contributed by atoms with Gasteiger partial charge in [-0.15, -0.1) is 0 Å². The molecule has 70 valence electrons. The number of hydrogen-bond donors (Lipinski definition) is 0. The van der Waals surface area contributed by atoms with Gasteiger partial charge in [-0.1, -0.05) is 33.6 Å². The zero-order valence-corrected chi connectivity index (χ0v) is 9.25. The highest BCUT2D eigenvalue weighted by Gasteiger charge is 1.84. The Balaban J connectivity index is 0.000000145. The van der Waals surface area contributed by atoms with Crippen molar-refractivity contribution in [2.75, 3.05) is 6.61 Å². The van der Waals surface area contributed by atoms with E-state index < -0.39 is 0 Å². The Kier molecular flexibility index (Phi) is 4.61. The van der Waals surface area contributed by atoms with Crippen LogP contribution in [0.15, 0.2) is 41.1 Å². The molecule has 2 heteroatoms. The van der Waals surface area contributed by atoms with Crippen LogP contribution in [0.3, 0.4) is 0 Å². The molecule has 0 amide bonds. The first-order chi connectivity index (χ1) is 6.29. The molecular weight excluding hydrogens is 228 g/mol. The van der Waals surface area contributed by atoms with Gasteiger partial charge in [-0.3, -0.25) is 0 Å². The second-order valence-electron chi connectivity index (χ2n) is 2.83. The molecule has 0 unspecified atom stereocenters. The van der Waals surface area contributed by atoms with Crippen molar-refractivity contribution in [3.63, 3.8) is 0 Å². The number of halogens is 1. The highest BCUT2D eigenvalue weighted by atomic mass is 79.9. The summed E-state index contributed by atoms with van der Waals surface area (Å²) in [5.41, 5.74) is 1.30. The Labute approximate surface area is 87.5 Å². The number of aryl methyl sites for hydroxylation is 1. The third-order valence-electron chi connectivity index (χ3n) is 1.61. The second-order valence-corrected chi connectivity index (χ2v) is 3.74. The topological polar surface area (TPSA) is 9.23 Å². The number of benzene rings is 1. The molecule has 0 spiro atoms. The Bertz CT molecular complexity index is 237. The van der Waals surface area contributed by atoms with E-state index in [0.29, 0.717) is 0 Å². The normalized spacial score (nSPS) is 13.1. The molecule has 0 bridgehead atoms. The zero-order chi connectivity index (χ0) is 9.52. The summed E-state index contributed by atoms with van der Waals surface area (Å²) in [6, 6.07) is 8.22. The molecule has 0 N–H and O–H groups in total. The molecule has 1 nitrogen and oxygen atoms in total. The largest absolute Gasteiger partial charge is 0.501 e. The van der Waals surface area contributed by atoms with Gasteiger partial charge >= 0.3 is 0 Å². The maximum atomic E-state index is 4.76. The number of ether oxygens (including phenoxy) is 1. The predicted octanol–water partition coefficient (Wildman–Crippen LogP) is 3.68. The van der Waals surface area contributed by atoms with E-state index in [0.717, 1.165) is 17.5 Å². The first-order valence-electron chi connectivity index (χ1n) is 4.28. The minimum absolute atomic E-state index is 0.889. The summed E-state index contributed by atoms with van der Waals surface area (Å²) < 4.78 is 5.91. The van der Waals surface area contributed by atoms with E-state index >= 15 is 0 Å². The van der Waals surface area contributed by atoms with Gasteiger partial charge in [-0.2, -0.15) is 0 Å². The van der Waals surface area contributed by atoms with E-state index in [2.05, 4.69) is 35.0 Å². The van der Waals surface area contributed by atoms with Gasteiger partial charge in [0.2, 0.25) is 0 Å². The van der Waals surface area contributed by atoms with Gasteiger partial charge in [-0.25, -0.2) is 0 Å². The molecule has 0 aromatic heterocycles. The molecule has 1 aromatic rings. The lowest BCUT2D eigenvalue weighted by atomic mass is 10.2. The zero-order valence-electron chi connectivity index (χ0n) is 7.66. The van der Waals surface area contributed by atoms with Crippen molar-refractivity contribution in [1.29, 1.82) is 0 Å². The van der Waals surface area contributed by atoms with Crippen LogP contribution in [0.25, 0.3) is 0 Å². The number of rotatable bonds is 0. The smallest absolute Gasteiger partial charge is 0.0908 e. The van der Waals surface area contributed by atoms with Crippen LogP contribution in [0.5, 0.6) is 0 Å². The van der Waals surface area contributed by atoms with Crippen molar-refractivity contribution >= 4 is 15.9 Å². The van der Waals surface area contributed by atoms with Crippen LogP contribution in [-0.2, 0) is 4.74 Å². The molecule has 0 aliphatic carbocycles. The summed E-state index contributed by atoms with van der Waals surface area (Å²) in [6.45, 7) is 2.96. The summed E-state index contributed by atoms with van der Waals surface area (Å²) in [5.74, 6) is 0. The molecule has 0 saturated carbocycles. The van der Waals surface area contributed by atoms with Crippen molar-refractivity contribution in [2.24, 2.45) is 0 Å². The first-order valence-corrected chi connectivity index (χ1v) is 5.07. The molecule has 0 saturated heterocycles. The van der Waals surface area contributed by atoms with Gasteiger partial charge in [0.15, 0.2) is 0 Å². The van der Waals surface area contributed by atoms with Crippen LogP contribution in [-0.4, -0.2) is 6.61 Å². The third-order valence-corrected chi connectivity index (χ3v) is 2.13. The fourth-order valence-corrected chi connectivity index (χ4v) is 1.14. The summed E-state index contributed by atoms with van der Waals surface area (Å²) in [4.78, 5) is 0. The van der Waals surface area contributed by atoms with Crippen molar-refractivity contribution in [2.45, 2.75) is 13.3 Å². The molecule has 1 aliphatic rings. The van der Waals surface area contributed by atoms with Crippen LogP contribution >= 0.6 is 15.9 Å². The molecular formula is C11H13BrO. The van der Waals surface area contributed by atoms with Gasteiger partial charge in [-0.05, 0) is 25.1 Å². The fourth-order valence-electron chi connectivity index (χ4n) is 0.873. The van der Waals surface area contributed by atoms with Gasteiger partial charge < -0.3 is 4.74 Å². The Morgan fingerprint density at radius 1 is 1.23 bits per heavy atom. The molecule has 1 aromatic carbocycles. The number of hydrogen-bond acceptors (Lipinski definition) is 1. The SMILES string of the molecule is C1=COCC1.Cc1ccc(Br)cc1. The fraction of sp³-hybridized carbons (Fsp3) is 0.273. The van der Waals surface area contributed by atoms with E-state index in [4.69, 9.17) is 4.74 Å². The first kappa shape index (κ1) is 10.3. The summed E-state index contributed by atoms with van der Waals surface area (Å²) in [5, 5.41) is 0. The Morgan fingerprint density at radius 3 is 2.23 bits per heavy atom. The third kappa shape index (κ3) is 4.73. The minimum atomic E-state index is 0.889. The van der Waals surface area contributed by atoms with Crippen molar-refractivity contribution in [1.82, 2.24) is 0 Å².